The zero-order valence-corrected chi connectivity index (χ0v) is 11.8. The van der Waals surface area contributed by atoms with Crippen LogP contribution < -0.4 is 5.73 Å². The highest BCUT2D eigenvalue weighted by molar-refractivity contribution is 7.11. The summed E-state index contributed by atoms with van der Waals surface area (Å²) >= 11 is 1.77. The number of hydrogen-bond donors (Lipinski definition) is 1. The van der Waals surface area contributed by atoms with Crippen LogP contribution in [0.3, 0.4) is 0 Å². The van der Waals surface area contributed by atoms with E-state index in [1.807, 2.05) is 0 Å². The Balaban J connectivity index is 2.06. The molecule has 3 heteroatoms. The van der Waals surface area contributed by atoms with Crippen molar-refractivity contribution >= 4 is 11.3 Å². The standard InChI is InChI=1S/C15H20N2S/c1-11(2)15-13(10-16)18-14(17-15)9-8-12-6-4-3-5-7-12/h3-7,11H,8-10,16H2,1-2H3. The third kappa shape index (κ3) is 3.18. The van der Waals surface area contributed by atoms with Crippen molar-refractivity contribution in [3.05, 3.63) is 51.5 Å². The lowest BCUT2D eigenvalue weighted by molar-refractivity contribution is 0.799. The van der Waals surface area contributed by atoms with Gasteiger partial charge >= 0.3 is 0 Å². The van der Waals surface area contributed by atoms with Gasteiger partial charge in [-0.25, -0.2) is 4.98 Å². The Morgan fingerprint density at radius 2 is 1.89 bits per heavy atom. The monoisotopic (exact) mass is 260 g/mol. The van der Waals surface area contributed by atoms with Crippen molar-refractivity contribution in [2.24, 2.45) is 5.73 Å². The van der Waals surface area contributed by atoms with Crippen molar-refractivity contribution in [2.45, 2.75) is 39.2 Å². The first-order valence-electron chi connectivity index (χ1n) is 6.43. The van der Waals surface area contributed by atoms with Gasteiger partial charge in [0.1, 0.15) is 0 Å². The summed E-state index contributed by atoms with van der Waals surface area (Å²) in [6.45, 7) is 4.96. The molecule has 0 unspecified atom stereocenters. The van der Waals surface area contributed by atoms with Crippen LogP contribution in [-0.4, -0.2) is 4.98 Å². The predicted molar refractivity (Wildman–Crippen MR) is 77.9 cm³/mol. The molecule has 0 amide bonds. The summed E-state index contributed by atoms with van der Waals surface area (Å²) in [5, 5.41) is 1.21. The summed E-state index contributed by atoms with van der Waals surface area (Å²) in [7, 11) is 0. The molecule has 0 spiro atoms. The van der Waals surface area contributed by atoms with Gasteiger partial charge in [-0.05, 0) is 17.9 Å². The summed E-state index contributed by atoms with van der Waals surface area (Å²) in [6.07, 6.45) is 2.06. The van der Waals surface area contributed by atoms with Crippen molar-refractivity contribution in [2.75, 3.05) is 0 Å². The smallest absolute Gasteiger partial charge is 0.0935 e. The number of aromatic nitrogens is 1. The van der Waals surface area contributed by atoms with Gasteiger partial charge in [-0.1, -0.05) is 44.2 Å². The van der Waals surface area contributed by atoms with Crippen LogP contribution in [0, 0.1) is 0 Å². The highest BCUT2D eigenvalue weighted by atomic mass is 32.1. The Labute approximate surface area is 113 Å². The molecule has 0 aliphatic carbocycles. The lowest BCUT2D eigenvalue weighted by atomic mass is 10.1. The molecule has 0 saturated carbocycles. The van der Waals surface area contributed by atoms with Gasteiger partial charge in [-0.3, -0.25) is 0 Å². The van der Waals surface area contributed by atoms with E-state index in [9.17, 15) is 0 Å². The average molecular weight is 260 g/mol. The fourth-order valence-corrected chi connectivity index (χ4v) is 3.12. The Morgan fingerprint density at radius 3 is 2.44 bits per heavy atom. The van der Waals surface area contributed by atoms with Crippen LogP contribution in [0.1, 0.15) is 40.9 Å². The van der Waals surface area contributed by atoms with E-state index in [0.29, 0.717) is 12.5 Å². The zero-order chi connectivity index (χ0) is 13.0. The molecule has 0 radical (unpaired) electrons. The van der Waals surface area contributed by atoms with Crippen molar-refractivity contribution < 1.29 is 0 Å². The SMILES string of the molecule is CC(C)c1nc(CCc2ccccc2)sc1CN. The van der Waals surface area contributed by atoms with Crippen LogP contribution in [0.4, 0.5) is 0 Å². The van der Waals surface area contributed by atoms with E-state index in [2.05, 4.69) is 44.2 Å². The Bertz CT molecular complexity index is 488. The van der Waals surface area contributed by atoms with Gasteiger partial charge in [0.15, 0.2) is 0 Å². The Morgan fingerprint density at radius 1 is 1.17 bits per heavy atom. The number of rotatable bonds is 5. The van der Waals surface area contributed by atoms with Crippen molar-refractivity contribution in [3.63, 3.8) is 0 Å². The molecule has 2 rings (SSSR count). The molecular weight excluding hydrogens is 240 g/mol. The van der Waals surface area contributed by atoms with Crippen LogP contribution >= 0.6 is 11.3 Å². The quantitative estimate of drug-likeness (QED) is 0.893. The second-order valence-electron chi connectivity index (χ2n) is 4.76. The molecule has 0 bridgehead atoms. The molecule has 1 heterocycles. The fourth-order valence-electron chi connectivity index (χ4n) is 2.01. The van der Waals surface area contributed by atoms with Crippen molar-refractivity contribution in [1.82, 2.24) is 4.98 Å². The van der Waals surface area contributed by atoms with E-state index >= 15 is 0 Å². The molecular formula is C15H20N2S. The van der Waals surface area contributed by atoms with Gasteiger partial charge in [0.05, 0.1) is 10.7 Å². The molecule has 2 N–H and O–H groups in total. The van der Waals surface area contributed by atoms with Crippen molar-refractivity contribution in [3.8, 4) is 0 Å². The molecule has 0 saturated heterocycles. The summed E-state index contributed by atoms with van der Waals surface area (Å²) in [4.78, 5) is 5.98. The zero-order valence-electron chi connectivity index (χ0n) is 11.0. The topological polar surface area (TPSA) is 38.9 Å². The molecule has 2 nitrogen and oxygen atoms in total. The molecule has 0 fully saturated rings. The third-order valence-corrected chi connectivity index (χ3v) is 4.13. The van der Waals surface area contributed by atoms with E-state index in [4.69, 9.17) is 10.7 Å². The van der Waals surface area contributed by atoms with Crippen molar-refractivity contribution in [1.29, 1.82) is 0 Å². The minimum Gasteiger partial charge on any atom is -0.326 e. The minimum absolute atomic E-state index is 0.463. The maximum atomic E-state index is 5.78. The van der Waals surface area contributed by atoms with E-state index in [1.54, 1.807) is 11.3 Å². The highest BCUT2D eigenvalue weighted by Crippen LogP contribution is 2.25. The average Bonchev–Trinajstić information content (AvgIpc) is 2.81. The molecule has 2 aromatic rings. The Hall–Kier alpha value is -1.19. The maximum Gasteiger partial charge on any atom is 0.0935 e. The molecule has 0 atom stereocenters. The van der Waals surface area contributed by atoms with Crippen LogP contribution in [0.2, 0.25) is 0 Å². The first kappa shape index (κ1) is 13.2. The number of nitrogens with zero attached hydrogens (tertiary/aromatic N) is 1. The van der Waals surface area contributed by atoms with Crippen LogP contribution in [0.15, 0.2) is 30.3 Å². The van der Waals surface area contributed by atoms with Gasteiger partial charge in [0, 0.05) is 17.8 Å². The van der Waals surface area contributed by atoms with Gasteiger partial charge < -0.3 is 5.73 Å². The molecule has 0 aliphatic rings. The number of benzene rings is 1. The molecule has 96 valence electrons. The molecule has 1 aromatic carbocycles. The first-order chi connectivity index (χ1) is 8.70. The Kier molecular flexibility index (Phi) is 4.50. The van der Waals surface area contributed by atoms with Gasteiger partial charge in [-0.2, -0.15) is 0 Å². The summed E-state index contributed by atoms with van der Waals surface area (Å²) in [6, 6.07) is 10.6. The number of hydrogen-bond acceptors (Lipinski definition) is 3. The number of thiazole rings is 1. The number of aryl methyl sites for hydroxylation is 2. The normalized spacial score (nSPS) is 11.1. The molecule has 1 aromatic heterocycles. The van der Waals surface area contributed by atoms with Gasteiger partial charge in [0.25, 0.3) is 0 Å². The van der Waals surface area contributed by atoms with Crippen LogP contribution in [0.5, 0.6) is 0 Å². The van der Waals surface area contributed by atoms with E-state index in [0.717, 1.165) is 12.8 Å². The second kappa shape index (κ2) is 6.12. The van der Waals surface area contributed by atoms with Crippen LogP contribution in [0.25, 0.3) is 0 Å². The first-order valence-corrected chi connectivity index (χ1v) is 7.24. The lowest BCUT2D eigenvalue weighted by Crippen LogP contribution is -1.99. The largest absolute Gasteiger partial charge is 0.326 e. The fraction of sp³-hybridized carbons (Fsp3) is 0.400. The lowest BCUT2D eigenvalue weighted by Gasteiger charge is -2.01. The molecule has 0 aliphatic heterocycles. The minimum atomic E-state index is 0.463. The van der Waals surface area contributed by atoms with Gasteiger partial charge in [-0.15, -0.1) is 11.3 Å². The van der Waals surface area contributed by atoms with Crippen LogP contribution in [-0.2, 0) is 19.4 Å². The van der Waals surface area contributed by atoms with E-state index in [-0.39, 0.29) is 0 Å². The van der Waals surface area contributed by atoms with E-state index < -0.39 is 0 Å². The van der Waals surface area contributed by atoms with E-state index in [1.165, 1.54) is 21.1 Å². The third-order valence-electron chi connectivity index (χ3n) is 2.97. The van der Waals surface area contributed by atoms with Gasteiger partial charge in [0.2, 0.25) is 0 Å². The predicted octanol–water partition coefficient (Wildman–Crippen LogP) is 3.51. The number of nitrogens with two attached hydrogens (primary N) is 1. The highest BCUT2D eigenvalue weighted by Gasteiger charge is 2.12. The second-order valence-corrected chi connectivity index (χ2v) is 5.93. The summed E-state index contributed by atoms with van der Waals surface area (Å²) < 4.78 is 0. The molecule has 18 heavy (non-hydrogen) atoms. The maximum absolute atomic E-state index is 5.78. The summed E-state index contributed by atoms with van der Waals surface area (Å²) in [5.74, 6) is 0.463. The summed E-state index contributed by atoms with van der Waals surface area (Å²) in [5.41, 5.74) is 8.33.